The number of carbonyl (C=O) groups excluding carboxylic acids is 2. The summed E-state index contributed by atoms with van der Waals surface area (Å²) in [7, 11) is 1.65. The highest BCUT2D eigenvalue weighted by Crippen LogP contribution is 2.18. The molecule has 21 heavy (non-hydrogen) atoms. The molecular formula is C17H17NO3. The largest absolute Gasteiger partial charge is 0.508 e. The first-order chi connectivity index (χ1) is 10.1. The Kier molecular flexibility index (Phi) is 4.72. The van der Waals surface area contributed by atoms with Crippen LogP contribution in [0.2, 0.25) is 0 Å². The molecule has 0 saturated heterocycles. The summed E-state index contributed by atoms with van der Waals surface area (Å²) in [6.07, 6.45) is 0.344. The molecule has 1 N–H and O–H groups in total. The zero-order valence-corrected chi connectivity index (χ0v) is 11.8. The number of Topliss-reactive ketones (excluding diaryl/α,β-unsaturated/α-hetero) is 1. The summed E-state index contributed by atoms with van der Waals surface area (Å²) in [4.78, 5) is 25.5. The Hall–Kier alpha value is -2.62. The molecule has 0 fully saturated rings. The van der Waals surface area contributed by atoms with Crippen LogP contribution in [0, 0.1) is 0 Å². The second-order valence-corrected chi connectivity index (χ2v) is 4.76. The van der Waals surface area contributed by atoms with Crippen LogP contribution < -0.4 is 4.90 Å². The topological polar surface area (TPSA) is 57.6 Å². The maximum atomic E-state index is 12.1. The zero-order chi connectivity index (χ0) is 15.2. The fraction of sp³-hybridized carbons (Fsp3) is 0.176. The maximum Gasteiger partial charge on any atom is 0.227 e. The zero-order valence-electron chi connectivity index (χ0n) is 11.8. The van der Waals surface area contributed by atoms with Crippen molar-refractivity contribution in [2.24, 2.45) is 0 Å². The number of carbonyl (C=O) groups is 2. The van der Waals surface area contributed by atoms with Gasteiger partial charge in [-0.15, -0.1) is 0 Å². The predicted molar refractivity (Wildman–Crippen MR) is 81.5 cm³/mol. The summed E-state index contributed by atoms with van der Waals surface area (Å²) >= 11 is 0. The quantitative estimate of drug-likeness (QED) is 0.858. The van der Waals surface area contributed by atoms with Crippen molar-refractivity contribution in [2.75, 3.05) is 11.9 Å². The molecule has 2 aromatic rings. The Morgan fingerprint density at radius 2 is 1.57 bits per heavy atom. The molecule has 0 bridgehead atoms. The molecule has 2 rings (SSSR count). The smallest absolute Gasteiger partial charge is 0.227 e. The van der Waals surface area contributed by atoms with Gasteiger partial charge in [0.05, 0.1) is 0 Å². The van der Waals surface area contributed by atoms with Gasteiger partial charge in [0, 0.05) is 31.1 Å². The minimum Gasteiger partial charge on any atom is -0.508 e. The normalized spacial score (nSPS) is 10.1. The monoisotopic (exact) mass is 283 g/mol. The van der Waals surface area contributed by atoms with Gasteiger partial charge in [0.2, 0.25) is 5.91 Å². The van der Waals surface area contributed by atoms with Gasteiger partial charge in [0.25, 0.3) is 0 Å². The molecule has 1 amide bonds. The summed E-state index contributed by atoms with van der Waals surface area (Å²) < 4.78 is 0. The van der Waals surface area contributed by atoms with Crippen LogP contribution in [-0.2, 0) is 4.79 Å². The molecular weight excluding hydrogens is 266 g/mol. The fourth-order valence-corrected chi connectivity index (χ4v) is 1.98. The van der Waals surface area contributed by atoms with E-state index < -0.39 is 0 Å². The van der Waals surface area contributed by atoms with E-state index in [2.05, 4.69) is 0 Å². The van der Waals surface area contributed by atoms with Gasteiger partial charge in [-0.1, -0.05) is 30.3 Å². The van der Waals surface area contributed by atoms with Crippen LogP contribution in [-0.4, -0.2) is 23.8 Å². The number of amides is 1. The lowest BCUT2D eigenvalue weighted by molar-refractivity contribution is -0.118. The first-order valence-electron chi connectivity index (χ1n) is 6.72. The van der Waals surface area contributed by atoms with Gasteiger partial charge in [-0.2, -0.15) is 0 Å². The molecule has 0 radical (unpaired) electrons. The third-order valence-electron chi connectivity index (χ3n) is 3.27. The number of benzene rings is 2. The number of aromatic hydroxyl groups is 1. The number of hydrogen-bond acceptors (Lipinski definition) is 3. The molecule has 4 nitrogen and oxygen atoms in total. The second kappa shape index (κ2) is 6.70. The third-order valence-corrected chi connectivity index (χ3v) is 3.27. The van der Waals surface area contributed by atoms with Gasteiger partial charge in [-0.25, -0.2) is 0 Å². The van der Waals surface area contributed by atoms with Gasteiger partial charge in [0.1, 0.15) is 5.75 Å². The number of phenols is 1. The van der Waals surface area contributed by atoms with Crippen molar-refractivity contribution in [3.05, 3.63) is 60.2 Å². The van der Waals surface area contributed by atoms with Crippen LogP contribution in [0.25, 0.3) is 0 Å². The minimum absolute atomic E-state index is 0.0388. The number of rotatable bonds is 5. The summed E-state index contributed by atoms with van der Waals surface area (Å²) in [5, 5.41) is 9.23. The van der Waals surface area contributed by atoms with E-state index in [0.717, 1.165) is 0 Å². The van der Waals surface area contributed by atoms with E-state index in [1.807, 2.05) is 6.07 Å². The van der Waals surface area contributed by atoms with E-state index >= 15 is 0 Å². The Bertz CT molecular complexity index is 620. The lowest BCUT2D eigenvalue weighted by Crippen LogP contribution is -2.26. The minimum atomic E-state index is -0.134. The molecule has 0 spiro atoms. The Balaban J connectivity index is 1.92. The van der Waals surface area contributed by atoms with E-state index in [0.29, 0.717) is 11.3 Å². The van der Waals surface area contributed by atoms with Crippen molar-refractivity contribution < 1.29 is 14.7 Å². The first kappa shape index (κ1) is 14.8. The summed E-state index contributed by atoms with van der Waals surface area (Å²) in [5.41, 5.74) is 1.31. The van der Waals surface area contributed by atoms with Crippen molar-refractivity contribution in [3.63, 3.8) is 0 Å². The van der Waals surface area contributed by atoms with Gasteiger partial charge >= 0.3 is 0 Å². The van der Waals surface area contributed by atoms with E-state index in [9.17, 15) is 14.7 Å². The molecule has 0 aliphatic carbocycles. The number of phenolic OH excluding ortho intramolecular Hbond substituents is 1. The molecule has 0 aliphatic heterocycles. The lowest BCUT2D eigenvalue weighted by atomic mass is 10.1. The Labute approximate surface area is 123 Å². The van der Waals surface area contributed by atoms with E-state index in [1.165, 1.54) is 17.0 Å². The average Bonchev–Trinajstić information content (AvgIpc) is 2.53. The van der Waals surface area contributed by atoms with Crippen molar-refractivity contribution in [1.29, 1.82) is 0 Å². The molecule has 0 aliphatic rings. The summed E-state index contributed by atoms with van der Waals surface area (Å²) in [5.74, 6) is -0.0214. The fourth-order valence-electron chi connectivity index (χ4n) is 1.98. The van der Waals surface area contributed by atoms with Crippen LogP contribution in [0.5, 0.6) is 5.75 Å². The van der Waals surface area contributed by atoms with Crippen LogP contribution in [0.15, 0.2) is 54.6 Å². The number of hydrogen-bond donors (Lipinski definition) is 1. The standard InChI is InChI=1S/C17H17NO3/c1-18(14-7-9-15(19)10-8-14)17(21)12-11-16(20)13-5-3-2-4-6-13/h2-10,19H,11-12H2,1H3. The second-order valence-electron chi connectivity index (χ2n) is 4.76. The van der Waals surface area contributed by atoms with Crippen molar-refractivity contribution in [3.8, 4) is 5.75 Å². The molecule has 0 aromatic heterocycles. The van der Waals surface area contributed by atoms with Crippen LogP contribution in [0.3, 0.4) is 0 Å². The number of anilines is 1. The molecule has 2 aromatic carbocycles. The third kappa shape index (κ3) is 3.92. The average molecular weight is 283 g/mol. The number of nitrogens with zero attached hydrogens (tertiary/aromatic N) is 1. The van der Waals surface area contributed by atoms with Gasteiger partial charge < -0.3 is 10.0 Å². The molecule has 108 valence electrons. The highest BCUT2D eigenvalue weighted by molar-refractivity contribution is 6.00. The van der Waals surface area contributed by atoms with Gasteiger partial charge in [0.15, 0.2) is 5.78 Å². The lowest BCUT2D eigenvalue weighted by Gasteiger charge is -2.17. The Morgan fingerprint density at radius 1 is 0.952 bits per heavy atom. The molecule has 0 saturated carbocycles. The van der Waals surface area contributed by atoms with Gasteiger partial charge in [-0.05, 0) is 24.3 Å². The molecule has 0 unspecified atom stereocenters. The van der Waals surface area contributed by atoms with Gasteiger partial charge in [-0.3, -0.25) is 9.59 Å². The molecule has 4 heteroatoms. The van der Waals surface area contributed by atoms with E-state index in [4.69, 9.17) is 0 Å². The van der Waals surface area contributed by atoms with E-state index in [-0.39, 0.29) is 30.3 Å². The highest BCUT2D eigenvalue weighted by Gasteiger charge is 2.13. The molecule has 0 atom stereocenters. The summed E-state index contributed by atoms with van der Waals surface area (Å²) in [6, 6.07) is 15.3. The predicted octanol–water partition coefficient (Wildman–Crippen LogP) is 3.02. The maximum absolute atomic E-state index is 12.1. The SMILES string of the molecule is CN(C(=O)CCC(=O)c1ccccc1)c1ccc(O)cc1. The highest BCUT2D eigenvalue weighted by atomic mass is 16.3. The van der Waals surface area contributed by atoms with Crippen LogP contribution >= 0.6 is 0 Å². The van der Waals surface area contributed by atoms with Crippen LogP contribution in [0.1, 0.15) is 23.2 Å². The first-order valence-corrected chi connectivity index (χ1v) is 6.72. The Morgan fingerprint density at radius 3 is 2.19 bits per heavy atom. The van der Waals surface area contributed by atoms with Crippen LogP contribution in [0.4, 0.5) is 5.69 Å². The van der Waals surface area contributed by atoms with E-state index in [1.54, 1.807) is 43.4 Å². The van der Waals surface area contributed by atoms with Crippen molar-refractivity contribution in [2.45, 2.75) is 12.8 Å². The number of ketones is 1. The summed E-state index contributed by atoms with van der Waals surface area (Å²) in [6.45, 7) is 0. The molecule has 0 heterocycles. The van der Waals surface area contributed by atoms with Crippen molar-refractivity contribution >= 4 is 17.4 Å². The van der Waals surface area contributed by atoms with Crippen molar-refractivity contribution in [1.82, 2.24) is 0 Å².